The van der Waals surface area contributed by atoms with Crippen molar-refractivity contribution in [2.24, 2.45) is 0 Å². The first kappa shape index (κ1) is 14.4. The second-order valence-electron chi connectivity index (χ2n) is 3.82. The van der Waals surface area contributed by atoms with Gasteiger partial charge in [-0.1, -0.05) is 32.6 Å². The second kappa shape index (κ2) is 11.5. The van der Waals surface area contributed by atoms with Gasteiger partial charge in [-0.05, 0) is 19.3 Å². The third-order valence-electron chi connectivity index (χ3n) is 2.30. The van der Waals surface area contributed by atoms with E-state index in [1.807, 2.05) is 0 Å². The monoisotopic (exact) mass is 216 g/mol. The topological polar surface area (TPSA) is 46.5 Å². The van der Waals surface area contributed by atoms with Gasteiger partial charge in [0.25, 0.3) is 0 Å². The number of hydrogen-bond donors (Lipinski definition) is 1. The van der Waals surface area contributed by atoms with Gasteiger partial charge in [0, 0.05) is 13.0 Å². The fraction of sp³-hybridized carbons (Fsp3) is 0.917. The van der Waals surface area contributed by atoms with E-state index < -0.39 is 0 Å². The SMILES string of the molecule is CCCCCCOC(=O)CCCCCO. The Balaban J connectivity index is 3.11. The maximum atomic E-state index is 11.2. The molecule has 90 valence electrons. The van der Waals surface area contributed by atoms with E-state index in [1.54, 1.807) is 0 Å². The predicted octanol–water partition coefficient (Wildman–Crippen LogP) is 2.66. The fourth-order valence-electron chi connectivity index (χ4n) is 1.34. The van der Waals surface area contributed by atoms with E-state index in [0.29, 0.717) is 13.0 Å². The smallest absolute Gasteiger partial charge is 0.305 e. The van der Waals surface area contributed by atoms with Crippen molar-refractivity contribution in [3.05, 3.63) is 0 Å². The van der Waals surface area contributed by atoms with Crippen LogP contribution >= 0.6 is 0 Å². The average molecular weight is 216 g/mol. The maximum absolute atomic E-state index is 11.2. The first-order valence-corrected chi connectivity index (χ1v) is 6.07. The zero-order valence-electron chi connectivity index (χ0n) is 9.83. The first-order valence-electron chi connectivity index (χ1n) is 6.07. The molecular formula is C12H24O3. The van der Waals surface area contributed by atoms with Crippen LogP contribution in [0, 0.1) is 0 Å². The van der Waals surface area contributed by atoms with E-state index in [1.165, 1.54) is 12.8 Å². The van der Waals surface area contributed by atoms with Crippen LogP contribution in [0.2, 0.25) is 0 Å². The summed E-state index contributed by atoms with van der Waals surface area (Å²) >= 11 is 0. The van der Waals surface area contributed by atoms with E-state index in [9.17, 15) is 4.79 Å². The summed E-state index contributed by atoms with van der Waals surface area (Å²) in [6.07, 6.45) is 7.56. The Morgan fingerprint density at radius 3 is 2.47 bits per heavy atom. The fourth-order valence-corrected chi connectivity index (χ4v) is 1.34. The molecule has 0 amide bonds. The van der Waals surface area contributed by atoms with E-state index in [2.05, 4.69) is 6.92 Å². The van der Waals surface area contributed by atoms with Gasteiger partial charge in [0.1, 0.15) is 0 Å². The Morgan fingerprint density at radius 1 is 1.07 bits per heavy atom. The van der Waals surface area contributed by atoms with Crippen LogP contribution < -0.4 is 0 Å². The number of esters is 1. The largest absolute Gasteiger partial charge is 0.466 e. The van der Waals surface area contributed by atoms with Gasteiger partial charge in [-0.15, -0.1) is 0 Å². The lowest BCUT2D eigenvalue weighted by molar-refractivity contribution is -0.143. The Kier molecular flexibility index (Phi) is 11.1. The summed E-state index contributed by atoms with van der Waals surface area (Å²) in [5.41, 5.74) is 0. The van der Waals surface area contributed by atoms with Gasteiger partial charge >= 0.3 is 5.97 Å². The Morgan fingerprint density at radius 2 is 1.80 bits per heavy atom. The standard InChI is InChI=1S/C12H24O3/c1-2-3-4-8-11-15-12(14)9-6-5-7-10-13/h13H,2-11H2,1H3. The van der Waals surface area contributed by atoms with Crippen molar-refractivity contribution in [1.82, 2.24) is 0 Å². The molecule has 0 unspecified atom stereocenters. The molecule has 0 aliphatic carbocycles. The zero-order chi connectivity index (χ0) is 11.4. The lowest BCUT2D eigenvalue weighted by Gasteiger charge is -2.04. The van der Waals surface area contributed by atoms with Crippen molar-refractivity contribution in [1.29, 1.82) is 0 Å². The quantitative estimate of drug-likeness (QED) is 0.451. The van der Waals surface area contributed by atoms with Crippen molar-refractivity contribution < 1.29 is 14.6 Å². The van der Waals surface area contributed by atoms with Crippen LogP contribution in [0.1, 0.15) is 58.3 Å². The number of aliphatic hydroxyl groups is 1. The highest BCUT2D eigenvalue weighted by atomic mass is 16.5. The van der Waals surface area contributed by atoms with E-state index >= 15 is 0 Å². The summed E-state index contributed by atoms with van der Waals surface area (Å²) in [6, 6.07) is 0. The molecule has 0 aromatic rings. The van der Waals surface area contributed by atoms with E-state index in [-0.39, 0.29) is 12.6 Å². The van der Waals surface area contributed by atoms with Gasteiger partial charge in [0.05, 0.1) is 6.61 Å². The molecule has 15 heavy (non-hydrogen) atoms. The van der Waals surface area contributed by atoms with Crippen molar-refractivity contribution in [2.75, 3.05) is 13.2 Å². The van der Waals surface area contributed by atoms with Crippen molar-refractivity contribution >= 4 is 5.97 Å². The molecule has 0 spiro atoms. The van der Waals surface area contributed by atoms with Crippen LogP contribution in [0.5, 0.6) is 0 Å². The highest BCUT2D eigenvalue weighted by Crippen LogP contribution is 2.03. The highest BCUT2D eigenvalue weighted by Gasteiger charge is 2.01. The molecule has 0 saturated carbocycles. The van der Waals surface area contributed by atoms with Gasteiger partial charge in [-0.2, -0.15) is 0 Å². The molecule has 0 aromatic heterocycles. The summed E-state index contributed by atoms with van der Waals surface area (Å²) in [4.78, 5) is 11.2. The van der Waals surface area contributed by atoms with Crippen LogP contribution in [-0.2, 0) is 9.53 Å². The van der Waals surface area contributed by atoms with Crippen molar-refractivity contribution in [3.8, 4) is 0 Å². The third-order valence-corrected chi connectivity index (χ3v) is 2.30. The molecule has 0 fully saturated rings. The molecule has 0 atom stereocenters. The van der Waals surface area contributed by atoms with Crippen LogP contribution in [0.15, 0.2) is 0 Å². The molecule has 0 aliphatic heterocycles. The predicted molar refractivity (Wildman–Crippen MR) is 60.7 cm³/mol. The minimum Gasteiger partial charge on any atom is -0.466 e. The minimum atomic E-state index is -0.0931. The number of hydrogen-bond acceptors (Lipinski definition) is 3. The highest BCUT2D eigenvalue weighted by molar-refractivity contribution is 5.69. The molecule has 0 saturated heterocycles. The average Bonchev–Trinajstić information content (AvgIpc) is 2.24. The molecule has 3 heteroatoms. The third kappa shape index (κ3) is 11.4. The Bertz CT molecular complexity index is 146. The number of carbonyl (C=O) groups is 1. The van der Waals surface area contributed by atoms with E-state index in [4.69, 9.17) is 9.84 Å². The summed E-state index contributed by atoms with van der Waals surface area (Å²) in [7, 11) is 0. The number of carbonyl (C=O) groups excluding carboxylic acids is 1. The normalized spacial score (nSPS) is 10.3. The molecule has 0 heterocycles. The molecule has 0 bridgehead atoms. The molecule has 0 aliphatic rings. The maximum Gasteiger partial charge on any atom is 0.305 e. The van der Waals surface area contributed by atoms with Crippen molar-refractivity contribution in [3.63, 3.8) is 0 Å². The van der Waals surface area contributed by atoms with Crippen LogP contribution in [0.3, 0.4) is 0 Å². The molecule has 0 aromatic carbocycles. The van der Waals surface area contributed by atoms with E-state index in [0.717, 1.165) is 32.1 Å². The lowest BCUT2D eigenvalue weighted by atomic mass is 10.2. The number of aliphatic hydroxyl groups excluding tert-OH is 1. The van der Waals surface area contributed by atoms with Crippen LogP contribution in [0.25, 0.3) is 0 Å². The number of rotatable bonds is 10. The van der Waals surface area contributed by atoms with Crippen LogP contribution in [-0.4, -0.2) is 24.3 Å². The van der Waals surface area contributed by atoms with Gasteiger partial charge in [0.2, 0.25) is 0 Å². The number of unbranched alkanes of at least 4 members (excludes halogenated alkanes) is 5. The second-order valence-corrected chi connectivity index (χ2v) is 3.82. The molecule has 0 radical (unpaired) electrons. The Hall–Kier alpha value is -0.570. The summed E-state index contributed by atoms with van der Waals surface area (Å²) in [5.74, 6) is -0.0931. The summed E-state index contributed by atoms with van der Waals surface area (Å²) in [6.45, 7) is 2.94. The van der Waals surface area contributed by atoms with Gasteiger partial charge < -0.3 is 9.84 Å². The molecular weight excluding hydrogens is 192 g/mol. The lowest BCUT2D eigenvalue weighted by Crippen LogP contribution is -2.05. The summed E-state index contributed by atoms with van der Waals surface area (Å²) < 4.78 is 5.07. The molecule has 0 rings (SSSR count). The molecule has 3 nitrogen and oxygen atoms in total. The van der Waals surface area contributed by atoms with Crippen molar-refractivity contribution in [2.45, 2.75) is 58.3 Å². The van der Waals surface area contributed by atoms with Crippen LogP contribution in [0.4, 0.5) is 0 Å². The zero-order valence-corrected chi connectivity index (χ0v) is 9.83. The van der Waals surface area contributed by atoms with Gasteiger partial charge in [0.15, 0.2) is 0 Å². The summed E-state index contributed by atoms with van der Waals surface area (Å²) in [5, 5.41) is 8.54. The van der Waals surface area contributed by atoms with Gasteiger partial charge in [-0.3, -0.25) is 4.79 Å². The minimum absolute atomic E-state index is 0.0931. The molecule has 1 N–H and O–H groups in total. The first-order chi connectivity index (χ1) is 7.31. The Labute approximate surface area is 92.8 Å². The number of ether oxygens (including phenoxy) is 1. The van der Waals surface area contributed by atoms with Gasteiger partial charge in [-0.25, -0.2) is 0 Å².